The van der Waals surface area contributed by atoms with Crippen LogP contribution in [0.3, 0.4) is 0 Å². The van der Waals surface area contributed by atoms with E-state index in [-0.39, 0.29) is 0 Å². The topological polar surface area (TPSA) is 29.9 Å². The summed E-state index contributed by atoms with van der Waals surface area (Å²) in [6, 6.07) is 0. The molecule has 1 N–H and O–H groups in total. The zero-order chi connectivity index (χ0) is 12.0. The van der Waals surface area contributed by atoms with E-state index in [2.05, 4.69) is 42.6 Å². The number of nitrogens with one attached hydrogen (secondary N) is 1. The van der Waals surface area contributed by atoms with Crippen LogP contribution in [0.15, 0.2) is 6.20 Å². The Hall–Kier alpha value is -0.830. The zero-order valence-corrected chi connectivity index (χ0v) is 11.1. The summed E-state index contributed by atoms with van der Waals surface area (Å²) in [7, 11) is 0. The second kappa shape index (κ2) is 6.69. The molecule has 0 spiro atoms. The number of hydrogen-bond acceptors (Lipinski definition) is 2. The van der Waals surface area contributed by atoms with Crippen molar-refractivity contribution >= 4 is 0 Å². The first kappa shape index (κ1) is 13.2. The maximum atomic E-state index is 4.39. The van der Waals surface area contributed by atoms with E-state index in [1.165, 1.54) is 18.5 Å². The van der Waals surface area contributed by atoms with Crippen molar-refractivity contribution in [3.8, 4) is 0 Å². The van der Waals surface area contributed by atoms with E-state index in [4.69, 9.17) is 0 Å². The van der Waals surface area contributed by atoms with Crippen molar-refractivity contribution in [2.75, 3.05) is 6.54 Å². The van der Waals surface area contributed by atoms with E-state index in [9.17, 15) is 0 Å². The average Bonchev–Trinajstić information content (AvgIpc) is 2.57. The van der Waals surface area contributed by atoms with Gasteiger partial charge in [0, 0.05) is 19.3 Å². The fraction of sp³-hybridized carbons (Fsp3) is 0.769. The molecular formula is C13H25N3. The molecule has 0 unspecified atom stereocenters. The van der Waals surface area contributed by atoms with Crippen LogP contribution in [-0.2, 0) is 13.1 Å². The van der Waals surface area contributed by atoms with Crippen molar-refractivity contribution < 1.29 is 0 Å². The van der Waals surface area contributed by atoms with Gasteiger partial charge in [0.15, 0.2) is 0 Å². The minimum Gasteiger partial charge on any atom is -0.331 e. The second-order valence-corrected chi connectivity index (χ2v) is 4.83. The number of aryl methyl sites for hydroxylation is 1. The molecule has 0 fully saturated rings. The van der Waals surface area contributed by atoms with E-state index < -0.39 is 0 Å². The van der Waals surface area contributed by atoms with Crippen molar-refractivity contribution in [1.29, 1.82) is 0 Å². The van der Waals surface area contributed by atoms with Gasteiger partial charge in [-0.1, -0.05) is 27.2 Å². The normalized spacial score (nSPS) is 11.3. The molecule has 0 aromatic carbocycles. The number of aromatic nitrogens is 2. The molecule has 0 aliphatic heterocycles. The summed E-state index contributed by atoms with van der Waals surface area (Å²) in [5.41, 5.74) is 1.31. The van der Waals surface area contributed by atoms with E-state index in [1.807, 2.05) is 6.20 Å². The van der Waals surface area contributed by atoms with Gasteiger partial charge in [0.2, 0.25) is 0 Å². The standard InChI is InChI=1S/C13H25N3/c1-5-6-7-16-12(4)15-10-13(16)9-14-8-11(2)3/h10-11,14H,5-9H2,1-4H3. The van der Waals surface area contributed by atoms with Gasteiger partial charge in [0.05, 0.1) is 5.69 Å². The molecule has 0 radical (unpaired) electrons. The largest absolute Gasteiger partial charge is 0.331 e. The van der Waals surface area contributed by atoms with Crippen LogP contribution in [0.2, 0.25) is 0 Å². The molecule has 0 aliphatic rings. The number of hydrogen-bond donors (Lipinski definition) is 1. The third-order valence-electron chi connectivity index (χ3n) is 2.73. The summed E-state index contributed by atoms with van der Waals surface area (Å²) in [6.07, 6.45) is 4.46. The highest BCUT2D eigenvalue weighted by atomic mass is 15.1. The van der Waals surface area contributed by atoms with Crippen LogP contribution in [0.1, 0.15) is 45.1 Å². The van der Waals surface area contributed by atoms with Crippen LogP contribution >= 0.6 is 0 Å². The quantitative estimate of drug-likeness (QED) is 0.770. The molecule has 1 rings (SSSR count). The second-order valence-electron chi connectivity index (χ2n) is 4.83. The molecule has 0 saturated heterocycles. The molecular weight excluding hydrogens is 198 g/mol. The number of rotatable bonds is 7. The monoisotopic (exact) mass is 223 g/mol. The lowest BCUT2D eigenvalue weighted by Crippen LogP contribution is -2.21. The molecule has 0 amide bonds. The Kier molecular flexibility index (Phi) is 5.53. The van der Waals surface area contributed by atoms with Gasteiger partial charge in [-0.2, -0.15) is 0 Å². The van der Waals surface area contributed by atoms with Gasteiger partial charge in [0.1, 0.15) is 5.82 Å². The minimum absolute atomic E-state index is 0.702. The highest BCUT2D eigenvalue weighted by molar-refractivity contribution is 5.04. The van der Waals surface area contributed by atoms with Crippen LogP contribution in [0.5, 0.6) is 0 Å². The fourth-order valence-electron chi connectivity index (χ4n) is 1.77. The van der Waals surface area contributed by atoms with Gasteiger partial charge < -0.3 is 9.88 Å². The fourth-order valence-corrected chi connectivity index (χ4v) is 1.77. The summed E-state index contributed by atoms with van der Waals surface area (Å²) >= 11 is 0. The Morgan fingerprint density at radius 2 is 2.19 bits per heavy atom. The Labute approximate surface area is 99.3 Å². The van der Waals surface area contributed by atoms with Gasteiger partial charge in [-0.05, 0) is 25.8 Å². The van der Waals surface area contributed by atoms with Gasteiger partial charge in [0.25, 0.3) is 0 Å². The molecule has 16 heavy (non-hydrogen) atoms. The van der Waals surface area contributed by atoms with Crippen molar-refractivity contribution in [3.63, 3.8) is 0 Å². The van der Waals surface area contributed by atoms with Crippen molar-refractivity contribution in [3.05, 3.63) is 17.7 Å². The van der Waals surface area contributed by atoms with Crippen molar-refractivity contribution in [1.82, 2.24) is 14.9 Å². The summed E-state index contributed by atoms with van der Waals surface area (Å²) in [6.45, 7) is 11.9. The molecule has 1 heterocycles. The molecule has 3 heteroatoms. The van der Waals surface area contributed by atoms with Gasteiger partial charge in [-0.3, -0.25) is 0 Å². The van der Waals surface area contributed by atoms with Crippen molar-refractivity contribution in [2.45, 2.75) is 53.6 Å². The summed E-state index contributed by atoms with van der Waals surface area (Å²) in [5.74, 6) is 1.84. The molecule has 0 atom stereocenters. The van der Waals surface area contributed by atoms with E-state index in [0.29, 0.717) is 5.92 Å². The lowest BCUT2D eigenvalue weighted by molar-refractivity contribution is 0.525. The highest BCUT2D eigenvalue weighted by Gasteiger charge is 2.05. The molecule has 1 aromatic rings. The number of nitrogens with zero attached hydrogens (tertiary/aromatic N) is 2. The van der Waals surface area contributed by atoms with Crippen LogP contribution in [0.25, 0.3) is 0 Å². The van der Waals surface area contributed by atoms with E-state index in [1.54, 1.807) is 0 Å². The lowest BCUT2D eigenvalue weighted by Gasteiger charge is -2.11. The van der Waals surface area contributed by atoms with Crippen LogP contribution in [0.4, 0.5) is 0 Å². The molecule has 0 aliphatic carbocycles. The zero-order valence-electron chi connectivity index (χ0n) is 11.1. The first-order valence-corrected chi connectivity index (χ1v) is 6.36. The Balaban J connectivity index is 2.51. The Morgan fingerprint density at radius 1 is 1.44 bits per heavy atom. The maximum Gasteiger partial charge on any atom is 0.105 e. The summed E-state index contributed by atoms with van der Waals surface area (Å²) in [4.78, 5) is 4.39. The predicted octanol–water partition coefficient (Wildman–Crippen LogP) is 2.74. The number of unbranched alkanes of at least 4 members (excludes halogenated alkanes) is 1. The maximum absolute atomic E-state index is 4.39. The first-order chi connectivity index (χ1) is 7.65. The molecule has 1 aromatic heterocycles. The Morgan fingerprint density at radius 3 is 2.81 bits per heavy atom. The first-order valence-electron chi connectivity index (χ1n) is 6.36. The van der Waals surface area contributed by atoms with Crippen LogP contribution in [-0.4, -0.2) is 16.1 Å². The smallest absolute Gasteiger partial charge is 0.105 e. The highest BCUT2D eigenvalue weighted by Crippen LogP contribution is 2.07. The third kappa shape index (κ3) is 3.97. The van der Waals surface area contributed by atoms with E-state index in [0.717, 1.165) is 25.5 Å². The molecule has 0 bridgehead atoms. The van der Waals surface area contributed by atoms with Crippen molar-refractivity contribution in [2.24, 2.45) is 5.92 Å². The Bertz CT molecular complexity index is 302. The average molecular weight is 223 g/mol. The van der Waals surface area contributed by atoms with Gasteiger partial charge >= 0.3 is 0 Å². The van der Waals surface area contributed by atoms with Gasteiger partial charge in [-0.15, -0.1) is 0 Å². The van der Waals surface area contributed by atoms with Crippen LogP contribution < -0.4 is 5.32 Å². The predicted molar refractivity (Wildman–Crippen MR) is 68.4 cm³/mol. The summed E-state index contributed by atoms with van der Waals surface area (Å²) < 4.78 is 2.33. The van der Waals surface area contributed by atoms with Crippen LogP contribution in [0, 0.1) is 12.8 Å². The molecule has 3 nitrogen and oxygen atoms in total. The minimum atomic E-state index is 0.702. The molecule has 0 saturated carbocycles. The summed E-state index contributed by atoms with van der Waals surface area (Å²) in [5, 5.41) is 3.47. The van der Waals surface area contributed by atoms with E-state index >= 15 is 0 Å². The lowest BCUT2D eigenvalue weighted by atomic mass is 10.2. The SMILES string of the molecule is CCCCn1c(CNCC(C)C)cnc1C. The number of imidazole rings is 1. The molecule has 92 valence electrons. The van der Waals surface area contributed by atoms with Gasteiger partial charge in [-0.25, -0.2) is 4.98 Å². The third-order valence-corrected chi connectivity index (χ3v) is 2.73.